The van der Waals surface area contributed by atoms with Crippen LogP contribution < -0.4 is 16.0 Å². The predicted octanol–water partition coefficient (Wildman–Crippen LogP) is 6.20. The second-order valence-corrected chi connectivity index (χ2v) is 11.4. The van der Waals surface area contributed by atoms with Crippen LogP contribution in [0.5, 0.6) is 0 Å². The quantitative estimate of drug-likeness (QED) is 0.169. The number of carbonyl (C=O) groups is 1. The lowest BCUT2D eigenvalue weighted by atomic mass is 10.0. The highest BCUT2D eigenvalue weighted by atomic mass is 79.9. The standard InChI is InChI=1S/C16H18BrN3.C10H14N2.C6H4BrNO.CH4/c17-16-7-6-13(10-19-16)11-20-9-8-18-15(12-20)14-4-2-1-3-5-14;1-2-4-9(5-3-1)10-8-11-6-7-12-10;7-6-2-1-5(4-9)3-8-6;/h1-7,10,15,18H,8-9,11-12H2;1-5,10-12H,6-8H2;1-4H;1H4. The van der Waals surface area contributed by atoms with Crippen LogP contribution in [0.25, 0.3) is 0 Å². The van der Waals surface area contributed by atoms with Gasteiger partial charge in [0.25, 0.3) is 0 Å². The van der Waals surface area contributed by atoms with E-state index in [1.807, 2.05) is 12.3 Å². The van der Waals surface area contributed by atoms with E-state index < -0.39 is 0 Å². The number of pyridine rings is 2. The van der Waals surface area contributed by atoms with Gasteiger partial charge in [-0.05, 0) is 66.7 Å². The number of hydrogen-bond acceptors (Lipinski definition) is 7. The van der Waals surface area contributed by atoms with Gasteiger partial charge in [0.2, 0.25) is 0 Å². The number of aldehydes is 1. The maximum Gasteiger partial charge on any atom is 0.151 e. The third kappa shape index (κ3) is 11.5. The van der Waals surface area contributed by atoms with Crippen molar-refractivity contribution in [1.29, 1.82) is 0 Å². The molecule has 0 aliphatic carbocycles. The van der Waals surface area contributed by atoms with E-state index in [9.17, 15) is 4.79 Å². The lowest BCUT2D eigenvalue weighted by molar-refractivity contribution is 0.112. The van der Waals surface area contributed by atoms with E-state index in [2.05, 4.69) is 129 Å². The topological polar surface area (TPSA) is 82.2 Å². The number of nitrogens with zero attached hydrogens (tertiary/aromatic N) is 3. The third-order valence-corrected chi connectivity index (χ3v) is 7.72. The Balaban J connectivity index is 0.000000188. The molecule has 2 aromatic carbocycles. The van der Waals surface area contributed by atoms with Gasteiger partial charge in [0.05, 0.1) is 0 Å². The zero-order chi connectivity index (χ0) is 28.7. The molecule has 2 unspecified atom stereocenters. The summed E-state index contributed by atoms with van der Waals surface area (Å²) in [6.07, 6.45) is 4.22. The number of aromatic nitrogens is 2. The highest BCUT2D eigenvalue weighted by molar-refractivity contribution is 9.10. The SMILES string of the molecule is Brc1ccc(CN2CCNC(c3ccccc3)C2)cn1.C.O=Cc1ccc(Br)nc1.c1ccc(C2CNCCN2)cc1. The summed E-state index contributed by atoms with van der Waals surface area (Å²) in [5, 5.41) is 10.4. The van der Waals surface area contributed by atoms with Gasteiger partial charge in [0, 0.05) is 75.9 Å². The highest BCUT2D eigenvalue weighted by Crippen LogP contribution is 2.19. The van der Waals surface area contributed by atoms with Gasteiger partial charge in [-0.15, -0.1) is 0 Å². The first-order valence-electron chi connectivity index (χ1n) is 13.8. The minimum Gasteiger partial charge on any atom is -0.314 e. The van der Waals surface area contributed by atoms with E-state index in [0.29, 0.717) is 17.6 Å². The Kier molecular flexibility index (Phi) is 15.0. The van der Waals surface area contributed by atoms with Gasteiger partial charge in [-0.25, -0.2) is 9.97 Å². The van der Waals surface area contributed by atoms with Crippen LogP contribution in [-0.4, -0.2) is 60.4 Å². The number of rotatable bonds is 5. The Hall–Kier alpha value is -2.79. The summed E-state index contributed by atoms with van der Waals surface area (Å²) in [7, 11) is 0. The van der Waals surface area contributed by atoms with E-state index in [1.165, 1.54) is 22.9 Å². The fourth-order valence-corrected chi connectivity index (χ4v) is 5.12. The van der Waals surface area contributed by atoms with Crippen molar-refractivity contribution in [2.45, 2.75) is 26.1 Å². The number of benzene rings is 2. The lowest BCUT2D eigenvalue weighted by Gasteiger charge is -2.34. The molecule has 9 heteroatoms. The number of nitrogens with one attached hydrogen (secondary N) is 3. The molecule has 222 valence electrons. The molecule has 0 spiro atoms. The highest BCUT2D eigenvalue weighted by Gasteiger charge is 2.20. The molecule has 0 radical (unpaired) electrons. The van der Waals surface area contributed by atoms with E-state index in [0.717, 1.165) is 61.3 Å². The second kappa shape index (κ2) is 18.7. The molecule has 2 aliphatic rings. The minimum atomic E-state index is 0. The fourth-order valence-electron chi connectivity index (χ4n) is 4.65. The molecule has 0 bridgehead atoms. The molecule has 0 amide bonds. The number of carbonyl (C=O) groups excluding carboxylic acids is 1. The van der Waals surface area contributed by atoms with Crippen LogP contribution in [0.4, 0.5) is 0 Å². The molecule has 6 rings (SSSR count). The molecule has 42 heavy (non-hydrogen) atoms. The van der Waals surface area contributed by atoms with Crippen LogP contribution >= 0.6 is 31.9 Å². The number of hydrogen-bond donors (Lipinski definition) is 3. The van der Waals surface area contributed by atoms with E-state index in [4.69, 9.17) is 0 Å². The zero-order valence-corrected chi connectivity index (χ0v) is 26.1. The first kappa shape index (κ1) is 33.7. The van der Waals surface area contributed by atoms with Crippen LogP contribution in [0, 0.1) is 0 Å². The van der Waals surface area contributed by atoms with E-state index in [1.54, 1.807) is 12.1 Å². The van der Waals surface area contributed by atoms with Crippen molar-refractivity contribution in [2.75, 3.05) is 39.3 Å². The van der Waals surface area contributed by atoms with Crippen LogP contribution in [-0.2, 0) is 6.54 Å². The average molecular weight is 697 g/mol. The number of halogens is 2. The third-order valence-electron chi connectivity index (χ3n) is 6.79. The normalized spacial score (nSPS) is 18.2. The van der Waals surface area contributed by atoms with Crippen molar-refractivity contribution >= 4 is 38.1 Å². The zero-order valence-electron chi connectivity index (χ0n) is 22.9. The Morgan fingerprint density at radius 1 is 0.762 bits per heavy atom. The molecule has 7 nitrogen and oxygen atoms in total. The van der Waals surface area contributed by atoms with Crippen molar-refractivity contribution in [3.8, 4) is 0 Å². The Labute approximate surface area is 266 Å². The Morgan fingerprint density at radius 2 is 1.38 bits per heavy atom. The Morgan fingerprint density at radius 3 is 1.93 bits per heavy atom. The lowest BCUT2D eigenvalue weighted by Crippen LogP contribution is -2.45. The van der Waals surface area contributed by atoms with Gasteiger partial charge < -0.3 is 16.0 Å². The van der Waals surface area contributed by atoms with Gasteiger partial charge in [0.15, 0.2) is 6.29 Å². The summed E-state index contributed by atoms with van der Waals surface area (Å²) in [6.45, 7) is 7.32. The van der Waals surface area contributed by atoms with Crippen LogP contribution in [0.3, 0.4) is 0 Å². The second-order valence-electron chi connectivity index (χ2n) is 9.80. The summed E-state index contributed by atoms with van der Waals surface area (Å²) in [5.41, 5.74) is 4.61. The molecule has 2 aliphatic heterocycles. The molecule has 4 heterocycles. The summed E-state index contributed by atoms with van der Waals surface area (Å²) in [6, 6.07) is 29.7. The van der Waals surface area contributed by atoms with Crippen LogP contribution in [0.1, 0.15) is 46.6 Å². The molecule has 2 fully saturated rings. The summed E-state index contributed by atoms with van der Waals surface area (Å²) in [4.78, 5) is 20.7. The molecule has 3 N–H and O–H groups in total. The summed E-state index contributed by atoms with van der Waals surface area (Å²) >= 11 is 6.52. The molecule has 4 aromatic rings. The summed E-state index contributed by atoms with van der Waals surface area (Å²) in [5.74, 6) is 0. The average Bonchev–Trinajstić information content (AvgIpc) is 3.05. The van der Waals surface area contributed by atoms with Crippen molar-refractivity contribution in [3.63, 3.8) is 0 Å². The van der Waals surface area contributed by atoms with Crippen molar-refractivity contribution in [1.82, 2.24) is 30.8 Å². The van der Waals surface area contributed by atoms with Crippen molar-refractivity contribution < 1.29 is 4.79 Å². The molecular formula is C33H40Br2N6O. The van der Waals surface area contributed by atoms with Gasteiger partial charge in [0.1, 0.15) is 9.21 Å². The van der Waals surface area contributed by atoms with Crippen molar-refractivity contribution in [2.24, 2.45) is 0 Å². The van der Waals surface area contributed by atoms with Gasteiger partial charge >= 0.3 is 0 Å². The first-order valence-corrected chi connectivity index (χ1v) is 15.4. The largest absolute Gasteiger partial charge is 0.314 e. The maximum absolute atomic E-state index is 10.1. The van der Waals surface area contributed by atoms with Gasteiger partial charge in [-0.2, -0.15) is 0 Å². The molecule has 2 saturated heterocycles. The number of piperazine rings is 2. The van der Waals surface area contributed by atoms with Crippen LogP contribution in [0.2, 0.25) is 0 Å². The van der Waals surface area contributed by atoms with Gasteiger partial charge in [-0.1, -0.05) is 74.2 Å². The minimum absolute atomic E-state index is 0. The van der Waals surface area contributed by atoms with Crippen LogP contribution in [0.15, 0.2) is 107 Å². The summed E-state index contributed by atoms with van der Waals surface area (Å²) < 4.78 is 1.64. The van der Waals surface area contributed by atoms with E-state index in [-0.39, 0.29) is 7.43 Å². The predicted molar refractivity (Wildman–Crippen MR) is 179 cm³/mol. The van der Waals surface area contributed by atoms with E-state index >= 15 is 0 Å². The van der Waals surface area contributed by atoms with Gasteiger partial charge in [-0.3, -0.25) is 9.69 Å². The first-order chi connectivity index (χ1) is 20.1. The fraction of sp³-hybridized carbons (Fsp3) is 0.303. The molecule has 2 aromatic heterocycles. The molecular weight excluding hydrogens is 656 g/mol. The molecule has 2 atom stereocenters. The maximum atomic E-state index is 10.1. The van der Waals surface area contributed by atoms with Crippen molar-refractivity contribution in [3.05, 3.63) is 129 Å². The monoisotopic (exact) mass is 694 g/mol. The molecule has 0 saturated carbocycles. The smallest absolute Gasteiger partial charge is 0.151 e. The Bertz CT molecular complexity index is 1290.